The van der Waals surface area contributed by atoms with Gasteiger partial charge in [0.1, 0.15) is 5.92 Å². The zero-order valence-electron chi connectivity index (χ0n) is 11.8. The van der Waals surface area contributed by atoms with Crippen LogP contribution >= 0.6 is 22.7 Å². The number of nitrogens with zero attached hydrogens (tertiary/aromatic N) is 2. The molecule has 0 atom stereocenters. The van der Waals surface area contributed by atoms with Gasteiger partial charge in [0.25, 0.3) is 0 Å². The van der Waals surface area contributed by atoms with Crippen molar-refractivity contribution in [2.24, 2.45) is 0 Å². The number of thiazole rings is 2. The molecule has 0 fully saturated rings. The molecule has 2 N–H and O–H groups in total. The maximum atomic E-state index is 12.6. The summed E-state index contributed by atoms with van der Waals surface area (Å²) < 4.78 is 0. The molecule has 0 saturated heterocycles. The normalized spacial score (nSPS) is 10.5. The van der Waals surface area contributed by atoms with Crippen molar-refractivity contribution < 1.29 is 9.59 Å². The van der Waals surface area contributed by atoms with Gasteiger partial charge in [-0.15, -0.1) is 22.7 Å². The molecule has 0 aliphatic heterocycles. The third-order valence-corrected chi connectivity index (χ3v) is 4.36. The molecule has 23 heavy (non-hydrogen) atoms. The summed E-state index contributed by atoms with van der Waals surface area (Å²) in [4.78, 5) is 33.1. The standard InChI is InChI=1S/C15H12N4O2S2/c20-12(18-14-16-6-8-22-14)11(10-4-2-1-3-5-10)13(21)19-15-17-7-9-23-15/h1-9,11H,(H,16,18,20)(H,17,19,21). The molecule has 0 radical (unpaired) electrons. The molecule has 3 aromatic rings. The van der Waals surface area contributed by atoms with Crippen LogP contribution in [0.1, 0.15) is 11.5 Å². The van der Waals surface area contributed by atoms with E-state index >= 15 is 0 Å². The summed E-state index contributed by atoms with van der Waals surface area (Å²) in [5.41, 5.74) is 0.607. The van der Waals surface area contributed by atoms with Crippen molar-refractivity contribution in [1.29, 1.82) is 0 Å². The monoisotopic (exact) mass is 344 g/mol. The summed E-state index contributed by atoms with van der Waals surface area (Å²) in [5.74, 6) is -1.84. The zero-order chi connectivity index (χ0) is 16.1. The van der Waals surface area contributed by atoms with Gasteiger partial charge in [-0.2, -0.15) is 0 Å². The van der Waals surface area contributed by atoms with Gasteiger partial charge in [0, 0.05) is 23.2 Å². The van der Waals surface area contributed by atoms with E-state index in [1.807, 2.05) is 6.07 Å². The Morgan fingerprint density at radius 1 is 0.870 bits per heavy atom. The van der Waals surface area contributed by atoms with Crippen LogP contribution in [0, 0.1) is 0 Å². The first-order chi connectivity index (χ1) is 11.2. The van der Waals surface area contributed by atoms with Crippen LogP contribution in [0.25, 0.3) is 0 Å². The first-order valence-electron chi connectivity index (χ1n) is 6.69. The van der Waals surface area contributed by atoms with E-state index in [9.17, 15) is 9.59 Å². The van der Waals surface area contributed by atoms with E-state index in [0.717, 1.165) is 0 Å². The second-order valence-corrected chi connectivity index (χ2v) is 6.29. The summed E-state index contributed by atoms with van der Waals surface area (Å²) in [6.45, 7) is 0. The van der Waals surface area contributed by atoms with Crippen LogP contribution in [0.4, 0.5) is 10.3 Å². The van der Waals surface area contributed by atoms with Crippen molar-refractivity contribution in [2.75, 3.05) is 10.6 Å². The predicted molar refractivity (Wildman–Crippen MR) is 90.7 cm³/mol. The molecule has 2 aromatic heterocycles. The molecule has 3 rings (SSSR count). The Kier molecular flexibility index (Phi) is 4.74. The number of nitrogens with one attached hydrogen (secondary N) is 2. The number of aromatic nitrogens is 2. The Labute approximate surface area is 140 Å². The number of hydrogen-bond acceptors (Lipinski definition) is 6. The maximum Gasteiger partial charge on any atom is 0.243 e. The topological polar surface area (TPSA) is 84.0 Å². The van der Waals surface area contributed by atoms with E-state index in [1.165, 1.54) is 22.7 Å². The molecule has 6 nitrogen and oxygen atoms in total. The van der Waals surface area contributed by atoms with E-state index in [2.05, 4.69) is 20.6 Å². The lowest BCUT2D eigenvalue weighted by Crippen LogP contribution is -2.32. The lowest BCUT2D eigenvalue weighted by molar-refractivity contribution is -0.125. The van der Waals surface area contributed by atoms with Crippen LogP contribution in [0.2, 0.25) is 0 Å². The number of rotatable bonds is 5. The lowest BCUT2D eigenvalue weighted by atomic mass is 9.97. The van der Waals surface area contributed by atoms with Crippen LogP contribution in [0.5, 0.6) is 0 Å². The average molecular weight is 344 g/mol. The minimum atomic E-state index is -0.982. The molecule has 1 aromatic carbocycles. The highest BCUT2D eigenvalue weighted by atomic mass is 32.1. The molecule has 2 heterocycles. The average Bonchev–Trinajstić information content (AvgIpc) is 3.22. The molecule has 8 heteroatoms. The quantitative estimate of drug-likeness (QED) is 0.697. The van der Waals surface area contributed by atoms with Crippen molar-refractivity contribution in [2.45, 2.75) is 5.92 Å². The second-order valence-electron chi connectivity index (χ2n) is 4.50. The summed E-state index contributed by atoms with van der Waals surface area (Å²) in [5, 5.41) is 9.76. The molecular formula is C15H12N4O2S2. The third kappa shape index (κ3) is 3.79. The summed E-state index contributed by atoms with van der Waals surface area (Å²) in [6.07, 6.45) is 3.18. The minimum absolute atomic E-state index is 0.430. The van der Waals surface area contributed by atoms with Crippen molar-refractivity contribution in [3.05, 3.63) is 59.0 Å². The van der Waals surface area contributed by atoms with Crippen molar-refractivity contribution in [1.82, 2.24) is 9.97 Å². The molecule has 0 unspecified atom stereocenters. The van der Waals surface area contributed by atoms with Crippen LogP contribution in [-0.4, -0.2) is 21.8 Å². The van der Waals surface area contributed by atoms with Gasteiger partial charge in [0.2, 0.25) is 11.8 Å². The molecule has 0 bridgehead atoms. The van der Waals surface area contributed by atoms with E-state index in [-0.39, 0.29) is 0 Å². The Balaban J connectivity index is 1.84. The van der Waals surface area contributed by atoms with E-state index in [0.29, 0.717) is 15.8 Å². The lowest BCUT2D eigenvalue weighted by Gasteiger charge is -2.15. The minimum Gasteiger partial charge on any atom is -0.301 e. The number of amides is 2. The third-order valence-electron chi connectivity index (χ3n) is 2.98. The van der Waals surface area contributed by atoms with Crippen molar-refractivity contribution in [3.8, 4) is 0 Å². The molecule has 0 aliphatic carbocycles. The van der Waals surface area contributed by atoms with Gasteiger partial charge in [-0.3, -0.25) is 9.59 Å². The van der Waals surface area contributed by atoms with Gasteiger partial charge in [-0.1, -0.05) is 30.3 Å². The number of hydrogen-bond donors (Lipinski definition) is 2. The molecule has 0 saturated carbocycles. The Hall–Kier alpha value is -2.58. The van der Waals surface area contributed by atoms with Gasteiger partial charge in [-0.25, -0.2) is 9.97 Å². The molecule has 0 spiro atoms. The molecule has 116 valence electrons. The SMILES string of the molecule is O=C(Nc1nccs1)C(C(=O)Nc1nccs1)c1ccccc1. The molecule has 0 aliphatic rings. The van der Waals surface area contributed by atoms with Crippen LogP contribution in [-0.2, 0) is 9.59 Å². The molecule has 2 amide bonds. The Morgan fingerprint density at radius 3 is 1.83 bits per heavy atom. The van der Waals surface area contributed by atoms with Gasteiger partial charge < -0.3 is 10.6 Å². The number of carbonyl (C=O) groups excluding carboxylic acids is 2. The summed E-state index contributed by atoms with van der Waals surface area (Å²) >= 11 is 2.59. The molecular weight excluding hydrogens is 332 g/mol. The van der Waals surface area contributed by atoms with Crippen molar-refractivity contribution in [3.63, 3.8) is 0 Å². The number of carbonyl (C=O) groups is 2. The fraction of sp³-hybridized carbons (Fsp3) is 0.0667. The highest BCUT2D eigenvalue weighted by molar-refractivity contribution is 7.14. The number of anilines is 2. The predicted octanol–water partition coefficient (Wildman–Crippen LogP) is 2.96. The fourth-order valence-electron chi connectivity index (χ4n) is 1.99. The zero-order valence-corrected chi connectivity index (χ0v) is 13.4. The first kappa shape index (κ1) is 15.3. The second kappa shape index (κ2) is 7.12. The number of benzene rings is 1. The van der Waals surface area contributed by atoms with Crippen LogP contribution in [0.15, 0.2) is 53.5 Å². The first-order valence-corrected chi connectivity index (χ1v) is 8.45. The van der Waals surface area contributed by atoms with E-state index in [4.69, 9.17) is 0 Å². The summed E-state index contributed by atoms with van der Waals surface area (Å²) in [6, 6.07) is 8.89. The highest BCUT2D eigenvalue weighted by Crippen LogP contribution is 2.22. The van der Waals surface area contributed by atoms with Crippen molar-refractivity contribution >= 4 is 44.8 Å². The Morgan fingerprint density at radius 2 is 1.39 bits per heavy atom. The van der Waals surface area contributed by atoms with Crippen LogP contribution in [0.3, 0.4) is 0 Å². The Bertz CT molecular complexity index is 725. The maximum absolute atomic E-state index is 12.6. The highest BCUT2D eigenvalue weighted by Gasteiger charge is 2.29. The van der Waals surface area contributed by atoms with Gasteiger partial charge in [0.05, 0.1) is 0 Å². The van der Waals surface area contributed by atoms with E-state index < -0.39 is 17.7 Å². The fourth-order valence-corrected chi connectivity index (χ4v) is 3.06. The largest absolute Gasteiger partial charge is 0.301 e. The van der Waals surface area contributed by atoms with Gasteiger partial charge >= 0.3 is 0 Å². The van der Waals surface area contributed by atoms with Gasteiger partial charge in [-0.05, 0) is 5.56 Å². The smallest absolute Gasteiger partial charge is 0.243 e. The van der Waals surface area contributed by atoms with Crippen LogP contribution < -0.4 is 10.6 Å². The van der Waals surface area contributed by atoms with Gasteiger partial charge in [0.15, 0.2) is 10.3 Å². The summed E-state index contributed by atoms with van der Waals surface area (Å²) in [7, 11) is 0. The van der Waals surface area contributed by atoms with E-state index in [1.54, 1.807) is 47.4 Å².